The molecular formula is C13H13FN4O2. The number of rotatable bonds is 5. The lowest BCUT2D eigenvalue weighted by atomic mass is 10.1. The predicted molar refractivity (Wildman–Crippen MR) is 72.9 cm³/mol. The highest BCUT2D eigenvalue weighted by molar-refractivity contribution is 5.70. The average molecular weight is 276 g/mol. The molecule has 0 amide bonds. The van der Waals surface area contributed by atoms with Crippen LogP contribution < -0.4 is 5.32 Å². The monoisotopic (exact) mass is 276 g/mol. The number of aromatic nitrogens is 2. The maximum atomic E-state index is 13.2. The van der Waals surface area contributed by atoms with E-state index in [9.17, 15) is 14.5 Å². The van der Waals surface area contributed by atoms with Gasteiger partial charge in [-0.05, 0) is 18.6 Å². The molecule has 20 heavy (non-hydrogen) atoms. The largest absolute Gasteiger partial charge is 0.370 e. The van der Waals surface area contributed by atoms with Crippen molar-refractivity contribution < 1.29 is 9.31 Å². The van der Waals surface area contributed by atoms with Gasteiger partial charge in [-0.3, -0.25) is 15.1 Å². The minimum atomic E-state index is -0.564. The lowest BCUT2D eigenvalue weighted by Crippen LogP contribution is -2.04. The Morgan fingerprint density at radius 2 is 2.20 bits per heavy atom. The first kappa shape index (κ1) is 13.9. The van der Waals surface area contributed by atoms with Gasteiger partial charge in [0.1, 0.15) is 11.6 Å². The van der Waals surface area contributed by atoms with Gasteiger partial charge < -0.3 is 5.32 Å². The molecule has 2 rings (SSSR count). The van der Waals surface area contributed by atoms with Crippen molar-refractivity contribution in [3.63, 3.8) is 0 Å². The van der Waals surface area contributed by atoms with Gasteiger partial charge in [0.05, 0.1) is 11.1 Å². The van der Waals surface area contributed by atoms with E-state index in [0.29, 0.717) is 12.4 Å². The smallest absolute Gasteiger partial charge is 0.295 e. The number of hydrogen-bond donors (Lipinski definition) is 1. The number of nitro groups is 1. The van der Waals surface area contributed by atoms with Crippen molar-refractivity contribution in [1.82, 2.24) is 9.97 Å². The zero-order chi connectivity index (χ0) is 14.5. The molecule has 0 atom stereocenters. The molecule has 0 unspecified atom stereocenters. The van der Waals surface area contributed by atoms with E-state index in [1.807, 2.05) is 6.92 Å². The highest BCUT2D eigenvalue weighted by Crippen LogP contribution is 2.29. The molecule has 0 aliphatic carbocycles. The predicted octanol–water partition coefficient (Wildman–Crippen LogP) is 3.01. The molecule has 7 heteroatoms. The van der Waals surface area contributed by atoms with Crippen molar-refractivity contribution >= 4 is 11.5 Å². The molecule has 0 saturated heterocycles. The highest BCUT2D eigenvalue weighted by Gasteiger charge is 2.18. The molecule has 104 valence electrons. The molecule has 1 N–H and O–H groups in total. The van der Waals surface area contributed by atoms with Gasteiger partial charge >= 0.3 is 0 Å². The minimum Gasteiger partial charge on any atom is -0.370 e. The SMILES string of the molecule is CCCNc1ccc([N+](=O)[O-])c(-c2cncc(F)c2)n1. The van der Waals surface area contributed by atoms with E-state index in [1.165, 1.54) is 24.4 Å². The lowest BCUT2D eigenvalue weighted by Gasteiger charge is -2.07. The van der Waals surface area contributed by atoms with Gasteiger partial charge in [-0.15, -0.1) is 0 Å². The van der Waals surface area contributed by atoms with Crippen LogP contribution in [0.1, 0.15) is 13.3 Å². The number of hydrogen-bond acceptors (Lipinski definition) is 5. The van der Waals surface area contributed by atoms with Gasteiger partial charge in [0, 0.05) is 24.4 Å². The summed E-state index contributed by atoms with van der Waals surface area (Å²) in [6.45, 7) is 2.70. The fourth-order valence-corrected chi connectivity index (χ4v) is 1.70. The minimum absolute atomic E-state index is 0.100. The summed E-state index contributed by atoms with van der Waals surface area (Å²) >= 11 is 0. The van der Waals surface area contributed by atoms with E-state index in [4.69, 9.17) is 0 Å². The maximum Gasteiger partial charge on any atom is 0.295 e. The van der Waals surface area contributed by atoms with E-state index in [0.717, 1.165) is 12.6 Å². The summed E-state index contributed by atoms with van der Waals surface area (Å²) < 4.78 is 13.2. The van der Waals surface area contributed by atoms with Crippen LogP contribution in [0.2, 0.25) is 0 Å². The number of nitrogens with zero attached hydrogens (tertiary/aromatic N) is 3. The molecular weight excluding hydrogens is 263 g/mol. The molecule has 2 aromatic heterocycles. The van der Waals surface area contributed by atoms with Crippen molar-refractivity contribution in [1.29, 1.82) is 0 Å². The van der Waals surface area contributed by atoms with Crippen molar-refractivity contribution in [3.8, 4) is 11.3 Å². The molecule has 0 saturated carbocycles. The molecule has 0 aliphatic rings. The first-order valence-electron chi connectivity index (χ1n) is 6.12. The Morgan fingerprint density at radius 3 is 2.85 bits per heavy atom. The van der Waals surface area contributed by atoms with Crippen LogP contribution in [0.4, 0.5) is 15.9 Å². The van der Waals surface area contributed by atoms with Crippen molar-refractivity contribution in [2.75, 3.05) is 11.9 Å². The second-order valence-electron chi connectivity index (χ2n) is 4.14. The second-order valence-corrected chi connectivity index (χ2v) is 4.14. The van der Waals surface area contributed by atoms with Crippen molar-refractivity contribution in [3.05, 3.63) is 46.5 Å². The molecule has 2 heterocycles. The summed E-state index contributed by atoms with van der Waals surface area (Å²) in [6.07, 6.45) is 3.28. The third-order valence-corrected chi connectivity index (χ3v) is 2.61. The van der Waals surface area contributed by atoms with Gasteiger partial charge in [-0.2, -0.15) is 0 Å². The van der Waals surface area contributed by atoms with Crippen LogP contribution in [-0.4, -0.2) is 21.4 Å². The molecule has 0 radical (unpaired) electrons. The van der Waals surface area contributed by atoms with Crippen molar-refractivity contribution in [2.45, 2.75) is 13.3 Å². The van der Waals surface area contributed by atoms with E-state index in [2.05, 4.69) is 15.3 Å². The van der Waals surface area contributed by atoms with Crippen LogP contribution in [0.15, 0.2) is 30.6 Å². The van der Waals surface area contributed by atoms with Crippen molar-refractivity contribution in [2.24, 2.45) is 0 Å². The Kier molecular flexibility index (Phi) is 4.19. The van der Waals surface area contributed by atoms with E-state index >= 15 is 0 Å². The summed E-state index contributed by atoms with van der Waals surface area (Å²) in [7, 11) is 0. The first-order chi connectivity index (χ1) is 9.61. The normalized spacial score (nSPS) is 10.3. The lowest BCUT2D eigenvalue weighted by molar-refractivity contribution is -0.384. The summed E-state index contributed by atoms with van der Waals surface area (Å²) in [5, 5.41) is 14.1. The molecule has 6 nitrogen and oxygen atoms in total. The van der Waals surface area contributed by atoms with E-state index in [-0.39, 0.29) is 16.9 Å². The topological polar surface area (TPSA) is 81.0 Å². The van der Waals surface area contributed by atoms with Crippen LogP contribution in [-0.2, 0) is 0 Å². The van der Waals surface area contributed by atoms with Crippen LogP contribution in [0.3, 0.4) is 0 Å². The third-order valence-electron chi connectivity index (χ3n) is 2.61. The average Bonchev–Trinajstić information content (AvgIpc) is 2.44. The fraction of sp³-hybridized carbons (Fsp3) is 0.231. The molecule has 0 spiro atoms. The zero-order valence-corrected chi connectivity index (χ0v) is 10.8. The van der Waals surface area contributed by atoms with E-state index in [1.54, 1.807) is 0 Å². The van der Waals surface area contributed by atoms with Gasteiger partial charge in [0.25, 0.3) is 5.69 Å². The standard InChI is InChI=1S/C13H13FN4O2/c1-2-5-16-12-4-3-11(18(19)20)13(17-12)9-6-10(14)8-15-7-9/h3-4,6-8H,2,5H2,1H3,(H,16,17). The van der Waals surface area contributed by atoms with Gasteiger partial charge in [0.15, 0.2) is 5.69 Å². The zero-order valence-electron chi connectivity index (χ0n) is 10.8. The highest BCUT2D eigenvalue weighted by atomic mass is 19.1. The third kappa shape index (κ3) is 3.05. The van der Waals surface area contributed by atoms with Crippen LogP contribution >= 0.6 is 0 Å². The Hall–Kier alpha value is -2.57. The summed E-state index contributed by atoms with van der Waals surface area (Å²) in [6, 6.07) is 4.06. The van der Waals surface area contributed by atoms with Gasteiger partial charge in [-0.1, -0.05) is 6.92 Å². The van der Waals surface area contributed by atoms with Crippen LogP contribution in [0.25, 0.3) is 11.3 Å². The Labute approximate surface area is 114 Å². The number of halogens is 1. The number of anilines is 1. The maximum absolute atomic E-state index is 13.2. The molecule has 0 aliphatic heterocycles. The Balaban J connectivity index is 2.49. The number of pyridine rings is 2. The van der Waals surface area contributed by atoms with E-state index < -0.39 is 10.7 Å². The number of nitrogens with one attached hydrogen (secondary N) is 1. The Bertz CT molecular complexity index is 634. The Morgan fingerprint density at radius 1 is 1.40 bits per heavy atom. The summed E-state index contributed by atoms with van der Waals surface area (Å²) in [4.78, 5) is 18.4. The summed E-state index contributed by atoms with van der Waals surface area (Å²) in [5.74, 6) is -0.0535. The van der Waals surface area contributed by atoms with Gasteiger partial charge in [-0.25, -0.2) is 9.37 Å². The first-order valence-corrected chi connectivity index (χ1v) is 6.12. The van der Waals surface area contributed by atoms with Crippen LogP contribution in [0, 0.1) is 15.9 Å². The molecule has 0 fully saturated rings. The quantitative estimate of drug-likeness (QED) is 0.670. The summed E-state index contributed by atoms with van der Waals surface area (Å²) in [5.41, 5.74) is 0.194. The molecule has 0 bridgehead atoms. The van der Waals surface area contributed by atoms with Gasteiger partial charge in [0.2, 0.25) is 0 Å². The van der Waals surface area contributed by atoms with Crippen LogP contribution in [0.5, 0.6) is 0 Å². The molecule has 2 aromatic rings. The molecule has 0 aromatic carbocycles. The fourth-order valence-electron chi connectivity index (χ4n) is 1.70. The second kappa shape index (κ2) is 6.05.